The minimum atomic E-state index is -0.731. The van der Waals surface area contributed by atoms with E-state index in [1.165, 1.54) is 64.2 Å². The second-order valence-electron chi connectivity index (χ2n) is 11.1. The van der Waals surface area contributed by atoms with Gasteiger partial charge in [0, 0.05) is 0 Å². The van der Waals surface area contributed by atoms with E-state index in [2.05, 4.69) is 79.7 Å². The van der Waals surface area contributed by atoms with Crippen LogP contribution in [0.25, 0.3) is 0 Å². The number of hydrogen-bond donors (Lipinski definition) is 0. The average Bonchev–Trinajstić information content (AvgIpc) is 3.37. The van der Waals surface area contributed by atoms with Crippen LogP contribution in [0.1, 0.15) is 120 Å². The fraction of sp³-hybridized carbons (Fsp3) is 0.733. The summed E-state index contributed by atoms with van der Waals surface area (Å²) in [5, 5.41) is 0. The maximum Gasteiger partial charge on any atom is -1.00 e. The molecule has 0 spiro atoms. The van der Waals surface area contributed by atoms with Gasteiger partial charge in [-0.3, -0.25) is 0 Å². The van der Waals surface area contributed by atoms with Gasteiger partial charge in [0.15, 0.2) is 0 Å². The van der Waals surface area contributed by atoms with Gasteiger partial charge in [-0.2, -0.15) is 0 Å². The van der Waals surface area contributed by atoms with Gasteiger partial charge in [0.25, 0.3) is 0 Å². The van der Waals surface area contributed by atoms with E-state index in [1.807, 2.05) is 6.56 Å². The van der Waals surface area contributed by atoms with E-state index in [1.54, 1.807) is 11.1 Å². The van der Waals surface area contributed by atoms with Gasteiger partial charge in [0.05, 0.1) is 0 Å². The quantitative estimate of drug-likeness (QED) is 0.295. The second kappa shape index (κ2) is 15.5. The Bertz CT molecular complexity index is 653. The Labute approximate surface area is 231 Å². The van der Waals surface area contributed by atoms with Crippen molar-refractivity contribution in [1.29, 1.82) is 0 Å². The summed E-state index contributed by atoms with van der Waals surface area (Å²) in [4.78, 5) is 0. The zero-order chi connectivity index (χ0) is 23.1. The summed E-state index contributed by atoms with van der Waals surface area (Å²) in [7, 11) is 0. The molecule has 0 saturated heterocycles. The maximum absolute atomic E-state index is 2.56. The van der Waals surface area contributed by atoms with E-state index in [0.29, 0.717) is 10.8 Å². The van der Waals surface area contributed by atoms with Crippen molar-refractivity contribution in [2.45, 2.75) is 120 Å². The van der Waals surface area contributed by atoms with Crippen molar-refractivity contribution >= 4 is 0 Å². The molecule has 188 valence electrons. The molecule has 0 fully saturated rings. The molecule has 0 N–H and O–H groups in total. The average molecular weight is 573 g/mol. The Morgan fingerprint density at radius 1 is 0.697 bits per heavy atom. The minimum absolute atomic E-state index is 0. The normalized spacial score (nSPS) is 19.0. The number of halogens is 2. The smallest absolute Gasteiger partial charge is 1.00 e. The van der Waals surface area contributed by atoms with Gasteiger partial charge in [-0.05, 0) is 0 Å². The fourth-order valence-electron chi connectivity index (χ4n) is 6.66. The van der Waals surface area contributed by atoms with Crippen LogP contribution < -0.4 is 24.8 Å². The van der Waals surface area contributed by atoms with Gasteiger partial charge in [-0.25, -0.2) is 0 Å². The van der Waals surface area contributed by atoms with Crippen molar-refractivity contribution in [1.82, 2.24) is 0 Å². The maximum atomic E-state index is 2.56. The predicted molar refractivity (Wildman–Crippen MR) is 136 cm³/mol. The molecule has 2 aliphatic carbocycles. The van der Waals surface area contributed by atoms with E-state index in [4.69, 9.17) is 0 Å². The molecular weight excluding hydrogens is 522 g/mol. The molecule has 0 aromatic rings. The first-order valence-corrected chi connectivity index (χ1v) is 15.8. The summed E-state index contributed by atoms with van der Waals surface area (Å²) in [5.74, 6) is 1.54. The molecule has 2 rings (SSSR count). The Morgan fingerprint density at radius 2 is 1.06 bits per heavy atom. The Hall–Kier alpha value is 0.423. The molecule has 0 bridgehead atoms. The van der Waals surface area contributed by atoms with Gasteiger partial charge < -0.3 is 24.8 Å². The van der Waals surface area contributed by atoms with E-state index >= 15 is 0 Å². The third-order valence-corrected chi connectivity index (χ3v) is 11.5. The van der Waals surface area contributed by atoms with Crippen molar-refractivity contribution in [2.24, 2.45) is 22.7 Å². The topological polar surface area (TPSA) is 0 Å². The number of rotatable bonds is 14. The summed E-state index contributed by atoms with van der Waals surface area (Å²) < 4.78 is 3.81. The Kier molecular flexibility index (Phi) is 15.7. The van der Waals surface area contributed by atoms with Crippen LogP contribution in [0.4, 0.5) is 0 Å². The van der Waals surface area contributed by atoms with Crippen LogP contribution in [0.2, 0.25) is 0 Å². The van der Waals surface area contributed by atoms with Crippen molar-refractivity contribution in [3.63, 3.8) is 0 Å². The largest absolute Gasteiger partial charge is 1.00 e. The number of hydrogen-bond acceptors (Lipinski definition) is 0. The van der Waals surface area contributed by atoms with Crippen LogP contribution in [0.3, 0.4) is 0 Å². The third kappa shape index (κ3) is 8.22. The summed E-state index contributed by atoms with van der Waals surface area (Å²) in [6, 6.07) is 0. The molecule has 0 radical (unpaired) electrons. The second-order valence-corrected chi connectivity index (χ2v) is 14.7. The molecule has 0 amide bonds. The van der Waals surface area contributed by atoms with Crippen LogP contribution >= 0.6 is 0 Å². The van der Waals surface area contributed by atoms with Crippen LogP contribution in [-0.4, -0.2) is 0 Å². The van der Waals surface area contributed by atoms with E-state index in [-0.39, 0.29) is 24.8 Å². The first-order chi connectivity index (χ1) is 14.8. The standard InChI is InChI=1S/2C15H25.2ClH.Zr/c2*1-5-11-15(6-2,12-13(3)4)14-9-7-8-10-14;;;/h2*7,9,13H,5-6,8,11-12H2,1-4H3;2*1H;/q;;;;+2/p-2. The van der Waals surface area contributed by atoms with Gasteiger partial charge in [-0.15, -0.1) is 0 Å². The van der Waals surface area contributed by atoms with Crippen molar-refractivity contribution in [3.8, 4) is 0 Å². The zero-order valence-electron chi connectivity index (χ0n) is 22.8. The van der Waals surface area contributed by atoms with E-state index < -0.39 is 23.2 Å². The molecule has 0 saturated carbocycles. The van der Waals surface area contributed by atoms with Crippen molar-refractivity contribution in [2.75, 3.05) is 0 Å². The summed E-state index contributed by atoms with van der Waals surface area (Å²) in [5.41, 5.74) is 4.42. The molecule has 33 heavy (non-hydrogen) atoms. The summed E-state index contributed by atoms with van der Waals surface area (Å²) in [6.45, 7) is 19.4. The van der Waals surface area contributed by atoms with Crippen LogP contribution in [0.15, 0.2) is 42.0 Å². The first kappa shape index (κ1) is 33.4. The Morgan fingerprint density at radius 3 is 1.33 bits per heavy atom. The van der Waals surface area contributed by atoms with Gasteiger partial charge in [0.2, 0.25) is 0 Å². The third-order valence-electron chi connectivity index (χ3n) is 7.72. The SMILES string of the molecule is CCCC(CC)(CC(C)C)C1=[C]([Zr+2][C]2=C(C(CC)(CCC)CC(C)C)C=CC2)CC=C1.[Cl-].[Cl-]. The fourth-order valence-corrected chi connectivity index (χ4v) is 11.0. The van der Waals surface area contributed by atoms with Gasteiger partial charge >= 0.3 is 208 Å². The van der Waals surface area contributed by atoms with Crippen LogP contribution in [-0.2, 0) is 23.2 Å². The summed E-state index contributed by atoms with van der Waals surface area (Å²) in [6.07, 6.45) is 23.3. The van der Waals surface area contributed by atoms with Crippen molar-refractivity contribution < 1.29 is 48.0 Å². The number of allylic oxidation sites excluding steroid dienone is 8. The molecule has 0 aliphatic heterocycles. The minimum Gasteiger partial charge on any atom is -1.00 e. The molecule has 2 unspecified atom stereocenters. The molecule has 2 aliphatic rings. The van der Waals surface area contributed by atoms with Crippen LogP contribution in [0.5, 0.6) is 0 Å². The van der Waals surface area contributed by atoms with E-state index in [0.717, 1.165) is 11.8 Å². The molecule has 0 heterocycles. The molecule has 2 atom stereocenters. The van der Waals surface area contributed by atoms with E-state index in [9.17, 15) is 0 Å². The van der Waals surface area contributed by atoms with Gasteiger partial charge in [-0.1, -0.05) is 0 Å². The zero-order valence-corrected chi connectivity index (χ0v) is 26.8. The monoisotopic (exact) mass is 570 g/mol. The molecule has 0 nitrogen and oxygen atoms in total. The molecule has 0 aromatic carbocycles. The molecular formula is C30H50Cl2Zr. The Balaban J connectivity index is 0.00000512. The molecule has 0 aromatic heterocycles. The molecule has 3 heteroatoms. The van der Waals surface area contributed by atoms with Crippen LogP contribution in [0, 0.1) is 22.7 Å². The van der Waals surface area contributed by atoms with Gasteiger partial charge in [0.1, 0.15) is 0 Å². The first-order valence-electron chi connectivity index (χ1n) is 13.3. The van der Waals surface area contributed by atoms with Crippen molar-refractivity contribution in [3.05, 3.63) is 42.0 Å². The summed E-state index contributed by atoms with van der Waals surface area (Å²) >= 11 is -0.731. The predicted octanol–water partition coefficient (Wildman–Crippen LogP) is 3.99.